The summed E-state index contributed by atoms with van der Waals surface area (Å²) in [6, 6.07) is 20.0. The van der Waals surface area contributed by atoms with Crippen LogP contribution in [-0.4, -0.2) is 20.5 Å². The summed E-state index contributed by atoms with van der Waals surface area (Å²) in [5.41, 5.74) is 7.49. The highest BCUT2D eigenvalue weighted by molar-refractivity contribution is 7.15. The second-order valence-electron chi connectivity index (χ2n) is 9.76. The van der Waals surface area contributed by atoms with Gasteiger partial charge < -0.3 is 0 Å². The fourth-order valence-corrected chi connectivity index (χ4v) is 5.96. The molecule has 174 valence electrons. The lowest BCUT2D eigenvalue weighted by atomic mass is 9.98. The van der Waals surface area contributed by atoms with E-state index in [1.807, 2.05) is 18.3 Å². The minimum atomic E-state index is -0.0526. The van der Waals surface area contributed by atoms with Crippen molar-refractivity contribution in [3.05, 3.63) is 98.9 Å². The molecule has 34 heavy (non-hydrogen) atoms. The number of aromatic nitrogens is 3. The lowest BCUT2D eigenvalue weighted by Crippen LogP contribution is -2.07. The number of thiophene rings is 1. The smallest absolute Gasteiger partial charge is 0.162 e. The summed E-state index contributed by atoms with van der Waals surface area (Å²) >= 11 is 1.85. The average Bonchev–Trinajstić information content (AvgIpc) is 3.37. The van der Waals surface area contributed by atoms with Crippen molar-refractivity contribution < 1.29 is 0 Å². The van der Waals surface area contributed by atoms with Crippen molar-refractivity contribution in [1.29, 1.82) is 0 Å². The molecule has 0 aliphatic carbocycles. The van der Waals surface area contributed by atoms with Gasteiger partial charge in [0.05, 0.1) is 5.71 Å². The summed E-state index contributed by atoms with van der Waals surface area (Å²) in [4.78, 5) is 6.53. The Balaban J connectivity index is 1.50. The number of nitrogens with zero attached hydrogens (tertiary/aromatic N) is 4. The molecule has 2 aromatic carbocycles. The van der Waals surface area contributed by atoms with Gasteiger partial charge in [-0.25, -0.2) is 0 Å². The van der Waals surface area contributed by atoms with Crippen molar-refractivity contribution in [2.45, 2.75) is 59.9 Å². The number of hydrogen-bond donors (Lipinski definition) is 0. The number of rotatable bonds is 6. The summed E-state index contributed by atoms with van der Waals surface area (Å²) in [6.07, 6.45) is 3.18. The molecule has 0 amide bonds. The summed E-state index contributed by atoms with van der Waals surface area (Å²) in [7, 11) is 0. The molecule has 0 radical (unpaired) electrons. The highest BCUT2D eigenvalue weighted by Gasteiger charge is 2.28. The van der Waals surface area contributed by atoms with Crippen LogP contribution in [0, 0.1) is 19.8 Å². The molecule has 5 rings (SSSR count). The Kier molecular flexibility index (Phi) is 6.22. The minimum Gasteiger partial charge on any atom is -0.273 e. The van der Waals surface area contributed by atoms with E-state index in [0.29, 0.717) is 5.92 Å². The molecule has 0 bridgehead atoms. The number of aliphatic imine (C=N–C) groups is 1. The van der Waals surface area contributed by atoms with Gasteiger partial charge >= 0.3 is 0 Å². The molecule has 5 heteroatoms. The third-order valence-corrected chi connectivity index (χ3v) is 7.68. The van der Waals surface area contributed by atoms with Crippen molar-refractivity contribution in [3.63, 3.8) is 0 Å². The molecule has 1 aliphatic heterocycles. The highest BCUT2D eigenvalue weighted by atomic mass is 32.1. The SMILES string of the molecule is Cc1ccccc1C1=NC(C)c2nnc(C)n2-c2sc(CCc3ccc(CC(C)C)cc3)cc21. The zero-order valence-electron chi connectivity index (χ0n) is 20.7. The third kappa shape index (κ3) is 4.37. The number of hydrogen-bond acceptors (Lipinski definition) is 4. The topological polar surface area (TPSA) is 43.1 Å². The Morgan fingerprint density at radius 3 is 2.38 bits per heavy atom. The van der Waals surface area contributed by atoms with Gasteiger partial charge in [-0.15, -0.1) is 21.5 Å². The minimum absolute atomic E-state index is 0.0526. The van der Waals surface area contributed by atoms with E-state index in [0.717, 1.165) is 36.6 Å². The zero-order valence-corrected chi connectivity index (χ0v) is 21.5. The molecule has 4 nitrogen and oxygen atoms in total. The van der Waals surface area contributed by atoms with Gasteiger partial charge in [-0.2, -0.15) is 0 Å². The first kappa shape index (κ1) is 22.7. The first-order valence-corrected chi connectivity index (χ1v) is 13.0. The Bertz CT molecular complexity index is 1340. The van der Waals surface area contributed by atoms with Crippen LogP contribution in [0.5, 0.6) is 0 Å². The molecule has 2 aromatic heterocycles. The van der Waals surface area contributed by atoms with Gasteiger partial charge in [0.2, 0.25) is 0 Å². The van der Waals surface area contributed by atoms with Crippen LogP contribution in [0.4, 0.5) is 0 Å². The van der Waals surface area contributed by atoms with Crippen LogP contribution in [0.3, 0.4) is 0 Å². The van der Waals surface area contributed by atoms with E-state index in [9.17, 15) is 0 Å². The monoisotopic (exact) mass is 468 g/mol. The number of fused-ring (bicyclic) bond motifs is 3. The molecule has 1 atom stereocenters. The van der Waals surface area contributed by atoms with Crippen LogP contribution in [0.2, 0.25) is 0 Å². The highest BCUT2D eigenvalue weighted by Crippen LogP contribution is 2.37. The van der Waals surface area contributed by atoms with Crippen molar-refractivity contribution >= 4 is 17.0 Å². The van der Waals surface area contributed by atoms with E-state index in [4.69, 9.17) is 4.99 Å². The Morgan fingerprint density at radius 2 is 1.65 bits per heavy atom. The number of benzene rings is 2. The molecule has 0 saturated carbocycles. The Hall–Kier alpha value is -3.05. The van der Waals surface area contributed by atoms with Crippen LogP contribution in [0.25, 0.3) is 5.00 Å². The molecule has 4 aromatic rings. The van der Waals surface area contributed by atoms with Crippen LogP contribution >= 0.6 is 11.3 Å². The lowest BCUT2D eigenvalue weighted by Gasteiger charge is -2.10. The van der Waals surface area contributed by atoms with Gasteiger partial charge in [0.15, 0.2) is 5.82 Å². The fourth-order valence-electron chi connectivity index (χ4n) is 4.75. The molecular formula is C29H32N4S. The molecule has 1 unspecified atom stereocenters. The van der Waals surface area contributed by atoms with Crippen molar-refractivity contribution in [2.75, 3.05) is 0 Å². The van der Waals surface area contributed by atoms with Gasteiger partial charge in [-0.1, -0.05) is 62.4 Å². The largest absolute Gasteiger partial charge is 0.273 e. The van der Waals surface area contributed by atoms with Gasteiger partial charge in [0.25, 0.3) is 0 Å². The molecule has 0 fully saturated rings. The van der Waals surface area contributed by atoms with E-state index in [-0.39, 0.29) is 6.04 Å². The second kappa shape index (κ2) is 9.30. The standard InChI is InChI=1S/C29H32N4S/c1-18(2)16-23-12-10-22(11-13-23)14-15-24-17-26-27(25-9-7-6-8-19(25)3)30-20(4)28-32-31-21(5)33(28)29(26)34-24/h6-13,17-18,20H,14-16H2,1-5H3. The summed E-state index contributed by atoms with van der Waals surface area (Å²) < 4.78 is 2.21. The summed E-state index contributed by atoms with van der Waals surface area (Å²) in [5.74, 6) is 2.51. The van der Waals surface area contributed by atoms with Crippen LogP contribution < -0.4 is 0 Å². The number of aryl methyl sites for hydroxylation is 4. The van der Waals surface area contributed by atoms with E-state index < -0.39 is 0 Å². The molecule has 1 aliphatic rings. The van der Waals surface area contributed by atoms with Gasteiger partial charge in [-0.05, 0) is 68.7 Å². The fraction of sp³-hybridized carbons (Fsp3) is 0.345. The zero-order chi connectivity index (χ0) is 23.8. The van der Waals surface area contributed by atoms with Crippen LogP contribution in [0.1, 0.15) is 71.2 Å². The van der Waals surface area contributed by atoms with E-state index in [1.165, 1.54) is 37.7 Å². The van der Waals surface area contributed by atoms with Crippen molar-refractivity contribution in [1.82, 2.24) is 14.8 Å². The van der Waals surface area contributed by atoms with E-state index in [1.54, 1.807) is 0 Å². The molecule has 0 saturated heterocycles. The van der Waals surface area contributed by atoms with E-state index in [2.05, 4.69) is 97.1 Å². The first-order chi connectivity index (χ1) is 16.4. The normalized spacial score (nSPS) is 15.1. The van der Waals surface area contributed by atoms with Gasteiger partial charge in [0, 0.05) is 16.0 Å². The molecular weight excluding hydrogens is 436 g/mol. The third-order valence-electron chi connectivity index (χ3n) is 6.50. The predicted molar refractivity (Wildman–Crippen MR) is 142 cm³/mol. The maximum atomic E-state index is 5.17. The molecule has 3 heterocycles. The Labute approximate surface area is 206 Å². The first-order valence-electron chi connectivity index (χ1n) is 12.2. The average molecular weight is 469 g/mol. The summed E-state index contributed by atoms with van der Waals surface area (Å²) in [6.45, 7) is 10.8. The van der Waals surface area contributed by atoms with E-state index >= 15 is 0 Å². The second-order valence-corrected chi connectivity index (χ2v) is 10.9. The van der Waals surface area contributed by atoms with Gasteiger partial charge in [-0.3, -0.25) is 9.56 Å². The van der Waals surface area contributed by atoms with Gasteiger partial charge in [0.1, 0.15) is 16.9 Å². The van der Waals surface area contributed by atoms with Crippen molar-refractivity contribution in [3.8, 4) is 5.00 Å². The summed E-state index contributed by atoms with van der Waals surface area (Å²) in [5, 5.41) is 10.1. The predicted octanol–water partition coefficient (Wildman–Crippen LogP) is 6.84. The van der Waals surface area contributed by atoms with Crippen molar-refractivity contribution in [2.24, 2.45) is 10.9 Å². The quantitative estimate of drug-likeness (QED) is 0.311. The van der Waals surface area contributed by atoms with Crippen LogP contribution in [0.15, 0.2) is 59.6 Å². The lowest BCUT2D eigenvalue weighted by molar-refractivity contribution is 0.647. The maximum absolute atomic E-state index is 5.17. The molecule has 0 N–H and O–H groups in total. The molecule has 0 spiro atoms. The van der Waals surface area contributed by atoms with Crippen LogP contribution in [-0.2, 0) is 19.3 Å². The Morgan fingerprint density at radius 1 is 0.912 bits per heavy atom. The maximum Gasteiger partial charge on any atom is 0.162 e.